The van der Waals surface area contributed by atoms with Gasteiger partial charge in [0.15, 0.2) is 5.69 Å². The molecule has 5 rings (SSSR count). The van der Waals surface area contributed by atoms with E-state index in [0.29, 0.717) is 11.1 Å². The number of hydrogen-bond donors (Lipinski definition) is 2. The third-order valence-electron chi connectivity index (χ3n) is 6.93. The molecule has 2 aromatic heterocycles. The lowest BCUT2D eigenvalue weighted by molar-refractivity contribution is -0.140. The molecule has 2 N–H and O–H groups in total. The van der Waals surface area contributed by atoms with Gasteiger partial charge < -0.3 is 9.88 Å². The van der Waals surface area contributed by atoms with Crippen LogP contribution in [0.1, 0.15) is 51.6 Å². The van der Waals surface area contributed by atoms with Gasteiger partial charge in [-0.1, -0.05) is 12.1 Å². The van der Waals surface area contributed by atoms with Crippen molar-refractivity contribution in [3.05, 3.63) is 106 Å². The van der Waals surface area contributed by atoms with Crippen molar-refractivity contribution in [2.75, 3.05) is 0 Å². The predicted octanol–water partition coefficient (Wildman–Crippen LogP) is 5.90. The van der Waals surface area contributed by atoms with Gasteiger partial charge in [-0.15, -0.1) is 0 Å². The predicted molar refractivity (Wildman–Crippen MR) is 137 cm³/mol. The molecule has 4 aromatic rings. The van der Waals surface area contributed by atoms with Crippen LogP contribution >= 0.6 is 0 Å². The minimum absolute atomic E-state index is 0.0179. The molecule has 1 fully saturated rings. The van der Waals surface area contributed by atoms with Crippen molar-refractivity contribution in [2.45, 2.75) is 38.5 Å². The molecule has 1 amide bonds. The van der Waals surface area contributed by atoms with Crippen molar-refractivity contribution in [1.29, 1.82) is 5.41 Å². The van der Waals surface area contributed by atoms with E-state index in [2.05, 4.69) is 10.4 Å². The summed E-state index contributed by atoms with van der Waals surface area (Å²) >= 11 is 0. The molecule has 0 aliphatic heterocycles. The highest BCUT2D eigenvalue weighted by Gasteiger charge is 2.38. The smallest absolute Gasteiger partial charge is 0.345 e. The summed E-state index contributed by atoms with van der Waals surface area (Å²) in [6.07, 6.45) is -0.652. The molecular formula is C29H26F5N5O. The molecule has 0 bridgehead atoms. The van der Waals surface area contributed by atoms with Gasteiger partial charge in [-0.3, -0.25) is 14.9 Å². The number of aromatic nitrogens is 3. The van der Waals surface area contributed by atoms with Crippen LogP contribution in [0.5, 0.6) is 0 Å². The molecule has 1 atom stereocenters. The average molecular weight is 556 g/mol. The Balaban J connectivity index is 1.57. The number of aryl methyl sites for hydroxylation is 2. The molecule has 40 heavy (non-hydrogen) atoms. The number of nitrogens with one attached hydrogen (secondary N) is 2. The van der Waals surface area contributed by atoms with Crippen molar-refractivity contribution in [1.82, 2.24) is 19.7 Å². The van der Waals surface area contributed by atoms with Crippen molar-refractivity contribution >= 4 is 5.91 Å². The number of pyridine rings is 1. The topological polar surface area (TPSA) is 75.7 Å². The maximum Gasteiger partial charge on any atom is 0.435 e. The van der Waals surface area contributed by atoms with Gasteiger partial charge in [0.2, 0.25) is 0 Å². The molecule has 2 aromatic carbocycles. The molecule has 0 spiro atoms. The maximum absolute atomic E-state index is 13.9. The normalized spacial score (nSPS) is 14.3. The van der Waals surface area contributed by atoms with E-state index in [1.165, 1.54) is 48.1 Å². The Kier molecular flexibility index (Phi) is 7.07. The van der Waals surface area contributed by atoms with Crippen LogP contribution in [0.3, 0.4) is 0 Å². The first-order chi connectivity index (χ1) is 18.9. The summed E-state index contributed by atoms with van der Waals surface area (Å²) in [5, 5.41) is 14.7. The van der Waals surface area contributed by atoms with E-state index in [0.717, 1.165) is 35.4 Å². The number of rotatable bonds is 7. The highest BCUT2D eigenvalue weighted by atomic mass is 19.4. The average Bonchev–Trinajstić information content (AvgIpc) is 3.65. The number of carbonyl (C=O) groups excluding carboxylic acids is 1. The lowest BCUT2D eigenvalue weighted by atomic mass is 9.97. The van der Waals surface area contributed by atoms with Crippen LogP contribution in [0.4, 0.5) is 22.0 Å². The molecule has 0 saturated heterocycles. The van der Waals surface area contributed by atoms with Crippen LogP contribution in [0.25, 0.3) is 11.1 Å². The van der Waals surface area contributed by atoms with Crippen molar-refractivity contribution in [3.8, 4) is 11.1 Å². The van der Waals surface area contributed by atoms with Gasteiger partial charge in [-0.2, -0.15) is 18.3 Å². The fourth-order valence-corrected chi connectivity index (χ4v) is 4.81. The first-order valence-corrected chi connectivity index (χ1v) is 12.6. The zero-order valence-electron chi connectivity index (χ0n) is 21.7. The highest BCUT2D eigenvalue weighted by molar-refractivity contribution is 5.96. The number of benzene rings is 2. The van der Waals surface area contributed by atoms with Crippen LogP contribution in [-0.2, 0) is 19.8 Å². The number of alkyl halides is 3. The zero-order valence-corrected chi connectivity index (χ0v) is 21.7. The molecule has 11 heteroatoms. The Hall–Kier alpha value is -4.28. The third-order valence-corrected chi connectivity index (χ3v) is 6.93. The largest absolute Gasteiger partial charge is 0.435 e. The number of nitrogens with zero attached hydrogens (tertiary/aromatic N) is 3. The maximum atomic E-state index is 13.9. The Labute approximate surface area is 226 Å². The second-order valence-corrected chi connectivity index (χ2v) is 10.1. The van der Waals surface area contributed by atoms with Gasteiger partial charge in [-0.25, -0.2) is 8.78 Å². The van der Waals surface area contributed by atoms with E-state index in [-0.39, 0.29) is 40.5 Å². The van der Waals surface area contributed by atoms with Crippen LogP contribution in [0.2, 0.25) is 0 Å². The summed E-state index contributed by atoms with van der Waals surface area (Å²) in [5.74, 6) is -1.31. The van der Waals surface area contributed by atoms with Gasteiger partial charge in [-0.05, 0) is 84.3 Å². The summed E-state index contributed by atoms with van der Waals surface area (Å²) in [7, 11) is 1.37. The van der Waals surface area contributed by atoms with E-state index in [9.17, 15) is 26.7 Å². The van der Waals surface area contributed by atoms with E-state index < -0.39 is 29.6 Å². The van der Waals surface area contributed by atoms with E-state index >= 15 is 0 Å². The van der Waals surface area contributed by atoms with Crippen LogP contribution < -0.4 is 10.8 Å². The molecule has 0 radical (unpaired) electrons. The van der Waals surface area contributed by atoms with Crippen molar-refractivity contribution in [3.63, 3.8) is 0 Å². The Morgan fingerprint density at radius 2 is 1.85 bits per heavy atom. The van der Waals surface area contributed by atoms with Gasteiger partial charge >= 0.3 is 6.18 Å². The second kappa shape index (κ2) is 10.4. The van der Waals surface area contributed by atoms with E-state index in [1.54, 1.807) is 19.1 Å². The van der Waals surface area contributed by atoms with Crippen LogP contribution in [-0.4, -0.2) is 20.3 Å². The summed E-state index contributed by atoms with van der Waals surface area (Å²) in [6, 6.07) is 11.0. The quantitative estimate of drug-likeness (QED) is 0.279. The standard InChI is InChI=1S/C29H26F5N5O/c1-16-9-19(5-7-24(16)31)26(18-3-4-18)36-28(40)21-11-17(13-39-14-22(30)6-8-25(39)35)10-20(12-21)23-15-38(2)37-27(23)29(32,33)34/h5-12,14-15,18,26,35H,3-4,13H2,1-2H3,(H,36,40)/t26-/m0/s1. The number of carbonyl (C=O) groups is 1. The monoisotopic (exact) mass is 555 g/mol. The molecule has 1 aliphatic carbocycles. The molecule has 0 unspecified atom stereocenters. The second-order valence-electron chi connectivity index (χ2n) is 10.1. The number of halogens is 5. The first kappa shape index (κ1) is 27.3. The fourth-order valence-electron chi connectivity index (χ4n) is 4.81. The Morgan fingerprint density at radius 1 is 1.10 bits per heavy atom. The van der Waals surface area contributed by atoms with Crippen LogP contribution in [0.15, 0.2) is 60.9 Å². The zero-order chi connectivity index (χ0) is 28.8. The Morgan fingerprint density at radius 3 is 2.52 bits per heavy atom. The van der Waals surface area contributed by atoms with E-state index in [1.807, 2.05) is 0 Å². The SMILES string of the molecule is Cc1cc([C@@H](NC(=O)c2cc(Cn3cc(F)ccc3=N)cc(-c3cn(C)nc3C(F)(F)F)c2)C2CC2)ccc1F. The summed E-state index contributed by atoms with van der Waals surface area (Å²) < 4.78 is 71.6. The highest BCUT2D eigenvalue weighted by Crippen LogP contribution is 2.42. The lowest BCUT2D eigenvalue weighted by Gasteiger charge is -2.20. The van der Waals surface area contributed by atoms with Gasteiger partial charge in [0.05, 0.1) is 6.04 Å². The first-order valence-electron chi connectivity index (χ1n) is 12.6. The Bertz CT molecular complexity index is 1650. The molecule has 2 heterocycles. The van der Waals surface area contributed by atoms with Crippen LogP contribution in [0, 0.1) is 29.9 Å². The fraction of sp³-hybridized carbons (Fsp3) is 0.276. The van der Waals surface area contributed by atoms with E-state index in [4.69, 9.17) is 5.41 Å². The van der Waals surface area contributed by atoms with Gasteiger partial charge in [0, 0.05) is 37.1 Å². The molecular weight excluding hydrogens is 529 g/mol. The van der Waals surface area contributed by atoms with Crippen molar-refractivity contribution in [2.24, 2.45) is 13.0 Å². The number of hydrogen-bond acceptors (Lipinski definition) is 3. The summed E-state index contributed by atoms with van der Waals surface area (Å²) in [5.41, 5.74) is 0.442. The summed E-state index contributed by atoms with van der Waals surface area (Å²) in [6.45, 7) is 1.58. The lowest BCUT2D eigenvalue weighted by Crippen LogP contribution is -2.30. The van der Waals surface area contributed by atoms with Gasteiger partial charge in [0.1, 0.15) is 17.1 Å². The molecule has 208 valence electrons. The molecule has 1 saturated carbocycles. The van der Waals surface area contributed by atoms with Crippen molar-refractivity contribution < 1.29 is 26.7 Å². The minimum atomic E-state index is -4.74. The minimum Gasteiger partial charge on any atom is -0.345 e. The third kappa shape index (κ3) is 5.83. The molecule has 1 aliphatic rings. The molecule has 6 nitrogen and oxygen atoms in total. The number of amides is 1. The summed E-state index contributed by atoms with van der Waals surface area (Å²) in [4.78, 5) is 13.6. The van der Waals surface area contributed by atoms with Gasteiger partial charge in [0.25, 0.3) is 5.91 Å².